The monoisotopic (exact) mass is 525 g/mol. The summed E-state index contributed by atoms with van der Waals surface area (Å²) in [4.78, 5) is 50.6. The molecule has 39 heavy (non-hydrogen) atoms. The molecule has 3 aliphatic rings. The van der Waals surface area contributed by atoms with Gasteiger partial charge < -0.3 is 15.6 Å². The fourth-order valence-electron chi connectivity index (χ4n) is 5.16. The van der Waals surface area contributed by atoms with Crippen LogP contribution in [0.5, 0.6) is 0 Å². The summed E-state index contributed by atoms with van der Waals surface area (Å²) in [7, 11) is 0. The minimum Gasteiger partial charge on any atom is -0.366 e. The lowest BCUT2D eigenvalue weighted by atomic mass is 9.85. The van der Waals surface area contributed by atoms with Crippen LogP contribution in [-0.4, -0.2) is 30.0 Å². The van der Waals surface area contributed by atoms with Gasteiger partial charge in [-0.25, -0.2) is 14.8 Å². The first-order chi connectivity index (χ1) is 19.0. The summed E-state index contributed by atoms with van der Waals surface area (Å²) in [5.41, 5.74) is 3.24. The number of nitrogens with zero attached hydrogens (tertiary/aromatic N) is 4. The van der Waals surface area contributed by atoms with E-state index in [1.807, 2.05) is 24.3 Å². The number of aromatic amines is 1. The molecule has 1 aromatic carbocycles. The molecular weight excluding hydrogens is 494 g/mol. The van der Waals surface area contributed by atoms with Crippen molar-refractivity contribution in [2.45, 2.75) is 70.1 Å². The van der Waals surface area contributed by atoms with Crippen LogP contribution >= 0.6 is 0 Å². The zero-order valence-corrected chi connectivity index (χ0v) is 21.7. The summed E-state index contributed by atoms with van der Waals surface area (Å²) >= 11 is 0. The van der Waals surface area contributed by atoms with Crippen LogP contribution in [0.4, 0.5) is 5.82 Å². The largest absolute Gasteiger partial charge is 0.366 e. The molecule has 3 heterocycles. The Balaban J connectivity index is 1.03. The summed E-state index contributed by atoms with van der Waals surface area (Å²) in [6, 6.07) is 12.1. The average molecular weight is 526 g/mol. The van der Waals surface area contributed by atoms with Gasteiger partial charge in [-0.3, -0.25) is 18.7 Å². The number of imidazole rings is 1. The summed E-state index contributed by atoms with van der Waals surface area (Å²) < 4.78 is 3.11. The van der Waals surface area contributed by atoms with E-state index in [0.29, 0.717) is 30.1 Å². The van der Waals surface area contributed by atoms with Gasteiger partial charge in [0.2, 0.25) is 5.91 Å². The first kappa shape index (κ1) is 23.9. The van der Waals surface area contributed by atoms with Gasteiger partial charge in [-0.2, -0.15) is 0 Å². The first-order valence-corrected chi connectivity index (χ1v) is 13.9. The Morgan fingerprint density at radius 1 is 0.897 bits per heavy atom. The van der Waals surface area contributed by atoms with Crippen molar-refractivity contribution in [1.29, 1.82) is 0 Å². The van der Waals surface area contributed by atoms with Gasteiger partial charge in [0.15, 0.2) is 5.65 Å². The summed E-state index contributed by atoms with van der Waals surface area (Å²) in [6.07, 6.45) is 8.49. The second-order valence-corrected chi connectivity index (χ2v) is 11.0. The number of hydrogen-bond donors (Lipinski definition) is 3. The number of hydrogen-bond acceptors (Lipinski definition) is 6. The van der Waals surface area contributed by atoms with E-state index >= 15 is 0 Å². The second kappa shape index (κ2) is 9.52. The molecule has 4 aromatic rings. The maximum atomic E-state index is 13.1. The minimum absolute atomic E-state index is 0.00666. The Labute approximate surface area is 224 Å². The number of carbonyl (C=O) groups excluding carboxylic acids is 1. The molecule has 0 aliphatic heterocycles. The van der Waals surface area contributed by atoms with Crippen LogP contribution in [0.3, 0.4) is 0 Å². The standard InChI is InChI=1S/C29H31N7O3/c37-27(19-2-1-3-19)32-15-18-6-4-17(5-7-18)14-30-23-13-8-20(16-31-23)25-33-24-26(34-25)35(21-9-10-21)29(39)36(28(24)38)22-11-12-22/h4-8,13,16,19,21-22H,1-3,9-12,14-15H2,(H,30,31)(H,32,37)(H,33,34). The third-order valence-corrected chi connectivity index (χ3v) is 8.06. The number of pyridine rings is 1. The van der Waals surface area contributed by atoms with Crippen LogP contribution in [0.2, 0.25) is 0 Å². The van der Waals surface area contributed by atoms with Crippen molar-refractivity contribution in [2.75, 3.05) is 5.32 Å². The topological polar surface area (TPSA) is 127 Å². The zero-order valence-electron chi connectivity index (χ0n) is 21.7. The normalized spacial score (nSPS) is 17.2. The molecule has 1 amide bonds. The van der Waals surface area contributed by atoms with Gasteiger partial charge in [-0.05, 0) is 61.8 Å². The third kappa shape index (κ3) is 4.64. The van der Waals surface area contributed by atoms with Gasteiger partial charge in [-0.1, -0.05) is 30.7 Å². The maximum Gasteiger partial charge on any atom is 0.333 e. The van der Waals surface area contributed by atoms with Gasteiger partial charge in [0.1, 0.15) is 17.2 Å². The highest BCUT2D eigenvalue weighted by Crippen LogP contribution is 2.37. The number of aromatic nitrogens is 5. The molecule has 0 saturated heterocycles. The molecule has 0 radical (unpaired) electrons. The average Bonchev–Trinajstić information content (AvgIpc) is 3.85. The Morgan fingerprint density at radius 3 is 2.21 bits per heavy atom. The van der Waals surface area contributed by atoms with Crippen LogP contribution in [0, 0.1) is 5.92 Å². The van der Waals surface area contributed by atoms with E-state index in [1.165, 1.54) is 4.57 Å². The molecule has 0 unspecified atom stereocenters. The molecule has 0 spiro atoms. The van der Waals surface area contributed by atoms with Crippen LogP contribution in [0.1, 0.15) is 68.2 Å². The molecule has 3 N–H and O–H groups in total. The van der Waals surface area contributed by atoms with E-state index in [0.717, 1.165) is 67.5 Å². The van der Waals surface area contributed by atoms with Crippen molar-refractivity contribution in [3.05, 3.63) is 74.6 Å². The Morgan fingerprint density at radius 2 is 1.59 bits per heavy atom. The minimum atomic E-state index is -0.286. The van der Waals surface area contributed by atoms with Crippen molar-refractivity contribution < 1.29 is 4.79 Å². The summed E-state index contributed by atoms with van der Waals surface area (Å²) in [5, 5.41) is 6.36. The van der Waals surface area contributed by atoms with Gasteiger partial charge in [0, 0.05) is 42.9 Å². The number of anilines is 1. The van der Waals surface area contributed by atoms with E-state index in [2.05, 4.69) is 37.7 Å². The molecule has 10 heteroatoms. The first-order valence-electron chi connectivity index (χ1n) is 13.9. The quantitative estimate of drug-likeness (QED) is 0.306. The lowest BCUT2D eigenvalue weighted by Gasteiger charge is -2.24. The SMILES string of the molecule is O=C(NCc1ccc(CNc2ccc(-c3nc4c([nH]3)c(=O)n(C3CC3)c(=O)n4C3CC3)cn2)cc1)C1CCC1. The van der Waals surface area contributed by atoms with Crippen molar-refractivity contribution in [1.82, 2.24) is 29.4 Å². The number of nitrogens with one attached hydrogen (secondary N) is 3. The van der Waals surface area contributed by atoms with Crippen molar-refractivity contribution >= 4 is 22.9 Å². The summed E-state index contributed by atoms with van der Waals surface area (Å²) in [6.45, 7) is 1.17. The van der Waals surface area contributed by atoms with Crippen molar-refractivity contribution in [3.8, 4) is 11.4 Å². The van der Waals surface area contributed by atoms with Gasteiger partial charge in [0.05, 0.1) is 0 Å². The molecule has 3 aromatic heterocycles. The molecule has 3 saturated carbocycles. The van der Waals surface area contributed by atoms with E-state index < -0.39 is 0 Å². The van der Waals surface area contributed by atoms with Crippen molar-refractivity contribution in [3.63, 3.8) is 0 Å². The fraction of sp³-hybridized carbons (Fsp3) is 0.414. The summed E-state index contributed by atoms with van der Waals surface area (Å²) in [5.74, 6) is 1.62. The Bertz CT molecular complexity index is 1650. The zero-order chi connectivity index (χ0) is 26.5. The van der Waals surface area contributed by atoms with E-state index in [-0.39, 0.29) is 35.2 Å². The van der Waals surface area contributed by atoms with Crippen LogP contribution in [0.15, 0.2) is 52.2 Å². The van der Waals surface area contributed by atoms with E-state index in [1.54, 1.807) is 10.8 Å². The molecule has 0 atom stereocenters. The molecule has 7 rings (SSSR count). The molecule has 200 valence electrons. The smallest absolute Gasteiger partial charge is 0.333 e. The van der Waals surface area contributed by atoms with E-state index in [4.69, 9.17) is 0 Å². The number of carbonyl (C=O) groups is 1. The van der Waals surface area contributed by atoms with Gasteiger partial charge in [-0.15, -0.1) is 0 Å². The number of amides is 1. The van der Waals surface area contributed by atoms with Crippen molar-refractivity contribution in [2.24, 2.45) is 5.92 Å². The van der Waals surface area contributed by atoms with Crippen LogP contribution in [-0.2, 0) is 17.9 Å². The van der Waals surface area contributed by atoms with Gasteiger partial charge in [0.25, 0.3) is 5.56 Å². The molecule has 10 nitrogen and oxygen atoms in total. The molecule has 3 fully saturated rings. The lowest BCUT2D eigenvalue weighted by molar-refractivity contribution is -0.127. The highest BCUT2D eigenvalue weighted by atomic mass is 16.2. The number of benzene rings is 1. The Hall–Kier alpha value is -4.21. The van der Waals surface area contributed by atoms with Crippen LogP contribution in [0.25, 0.3) is 22.6 Å². The second-order valence-electron chi connectivity index (χ2n) is 11.0. The van der Waals surface area contributed by atoms with Crippen LogP contribution < -0.4 is 21.9 Å². The third-order valence-electron chi connectivity index (χ3n) is 8.06. The molecule has 3 aliphatic carbocycles. The lowest BCUT2D eigenvalue weighted by Crippen LogP contribution is -2.39. The predicted octanol–water partition coefficient (Wildman–Crippen LogP) is 3.65. The Kier molecular flexibility index (Phi) is 5.82. The van der Waals surface area contributed by atoms with E-state index in [9.17, 15) is 14.4 Å². The number of rotatable bonds is 9. The van der Waals surface area contributed by atoms with Gasteiger partial charge >= 0.3 is 5.69 Å². The molecule has 0 bridgehead atoms. The predicted molar refractivity (Wildman–Crippen MR) is 147 cm³/mol. The fourth-order valence-corrected chi connectivity index (χ4v) is 5.16. The number of H-pyrrole nitrogens is 1. The molecular formula is C29H31N7O3. The highest BCUT2D eigenvalue weighted by molar-refractivity contribution is 5.79. The maximum absolute atomic E-state index is 13.1. The highest BCUT2D eigenvalue weighted by Gasteiger charge is 2.34. The number of fused-ring (bicyclic) bond motifs is 1.